The first kappa shape index (κ1) is 18.9. The fourth-order valence-corrected chi connectivity index (χ4v) is 3.65. The fraction of sp³-hybridized carbons (Fsp3) is 0. The maximum atomic E-state index is 12.6. The van der Waals surface area contributed by atoms with E-state index in [4.69, 9.17) is 11.6 Å². The zero-order valence-electron chi connectivity index (χ0n) is 14.2. The van der Waals surface area contributed by atoms with Crippen molar-refractivity contribution < 1.29 is 13.2 Å². The lowest BCUT2D eigenvalue weighted by atomic mass is 10.1. The van der Waals surface area contributed by atoms with Crippen LogP contribution in [0.3, 0.4) is 0 Å². The van der Waals surface area contributed by atoms with E-state index in [1.807, 2.05) is 0 Å². The van der Waals surface area contributed by atoms with E-state index in [9.17, 15) is 13.2 Å². The molecule has 27 heavy (non-hydrogen) atoms. The number of rotatable bonds is 6. The Morgan fingerprint density at radius 1 is 0.852 bits per heavy atom. The van der Waals surface area contributed by atoms with Gasteiger partial charge in [-0.25, -0.2) is 8.42 Å². The maximum absolute atomic E-state index is 12.6. The predicted molar refractivity (Wildman–Crippen MR) is 109 cm³/mol. The van der Waals surface area contributed by atoms with E-state index in [-0.39, 0.29) is 21.9 Å². The average Bonchev–Trinajstić information content (AvgIpc) is 2.68. The highest BCUT2D eigenvalue weighted by Gasteiger charge is 2.17. The van der Waals surface area contributed by atoms with Crippen molar-refractivity contribution in [2.24, 2.45) is 0 Å². The minimum atomic E-state index is -3.78. The number of ketones is 1. The Balaban J connectivity index is 1.85. The second-order valence-corrected chi connectivity index (χ2v) is 7.83. The normalized spacial score (nSPS) is 11.4. The van der Waals surface area contributed by atoms with Gasteiger partial charge in [0.25, 0.3) is 10.0 Å². The molecule has 0 unspecified atom stereocenters. The number of carbonyl (C=O) groups excluding carboxylic acids is 1. The molecule has 0 aliphatic carbocycles. The van der Waals surface area contributed by atoms with Crippen LogP contribution in [0.15, 0.2) is 89.8 Å². The second-order valence-electron chi connectivity index (χ2n) is 5.71. The van der Waals surface area contributed by atoms with E-state index in [1.165, 1.54) is 18.2 Å². The summed E-state index contributed by atoms with van der Waals surface area (Å²) in [7, 11) is -3.78. The van der Waals surface area contributed by atoms with E-state index in [0.717, 1.165) is 5.56 Å². The van der Waals surface area contributed by atoms with Crippen LogP contribution in [-0.2, 0) is 10.0 Å². The van der Waals surface area contributed by atoms with Gasteiger partial charge in [0.1, 0.15) is 0 Å². The largest absolute Gasteiger partial charge is 0.289 e. The predicted octanol–water partition coefficient (Wildman–Crippen LogP) is 5.04. The van der Waals surface area contributed by atoms with Crippen molar-refractivity contribution in [3.63, 3.8) is 0 Å². The van der Waals surface area contributed by atoms with Crippen LogP contribution in [0.25, 0.3) is 6.08 Å². The highest BCUT2D eigenvalue weighted by molar-refractivity contribution is 7.92. The van der Waals surface area contributed by atoms with Crippen molar-refractivity contribution in [1.29, 1.82) is 0 Å². The molecule has 3 aromatic carbocycles. The third-order valence-corrected chi connectivity index (χ3v) is 5.42. The average molecular weight is 398 g/mol. The quantitative estimate of drug-likeness (QED) is 0.468. The van der Waals surface area contributed by atoms with Crippen molar-refractivity contribution in [2.45, 2.75) is 4.90 Å². The molecule has 0 bridgehead atoms. The van der Waals surface area contributed by atoms with Crippen LogP contribution in [0.2, 0.25) is 5.02 Å². The van der Waals surface area contributed by atoms with Crippen LogP contribution >= 0.6 is 11.6 Å². The molecule has 0 amide bonds. The Kier molecular flexibility index (Phi) is 5.74. The molecule has 0 spiro atoms. The van der Waals surface area contributed by atoms with Gasteiger partial charge in [-0.15, -0.1) is 0 Å². The van der Waals surface area contributed by atoms with E-state index in [2.05, 4.69) is 4.72 Å². The lowest BCUT2D eigenvalue weighted by Gasteiger charge is -2.11. The fourth-order valence-electron chi connectivity index (χ4n) is 2.43. The molecule has 0 fully saturated rings. The van der Waals surface area contributed by atoms with E-state index in [0.29, 0.717) is 5.02 Å². The smallest absolute Gasteiger partial charge is 0.261 e. The molecule has 3 aromatic rings. The van der Waals surface area contributed by atoms with Crippen LogP contribution in [0.5, 0.6) is 0 Å². The van der Waals surface area contributed by atoms with E-state index in [1.54, 1.807) is 72.8 Å². The first-order chi connectivity index (χ1) is 13.0. The van der Waals surface area contributed by atoms with Crippen molar-refractivity contribution in [3.8, 4) is 0 Å². The van der Waals surface area contributed by atoms with Crippen LogP contribution in [0.1, 0.15) is 15.9 Å². The number of nitrogens with one attached hydrogen (secondary N) is 1. The molecule has 0 saturated heterocycles. The summed E-state index contributed by atoms with van der Waals surface area (Å²) in [4.78, 5) is 12.7. The molecular weight excluding hydrogens is 382 g/mol. The van der Waals surface area contributed by atoms with Crippen molar-refractivity contribution in [2.75, 3.05) is 4.72 Å². The number of anilines is 1. The van der Waals surface area contributed by atoms with Gasteiger partial charge in [-0.05, 0) is 48.0 Å². The van der Waals surface area contributed by atoms with Crippen LogP contribution in [0, 0.1) is 0 Å². The molecule has 6 heteroatoms. The van der Waals surface area contributed by atoms with Crippen LogP contribution in [-0.4, -0.2) is 14.2 Å². The van der Waals surface area contributed by atoms with Gasteiger partial charge < -0.3 is 0 Å². The van der Waals surface area contributed by atoms with Gasteiger partial charge in [0, 0.05) is 10.6 Å². The number of para-hydroxylation sites is 1. The Morgan fingerprint density at radius 2 is 1.48 bits per heavy atom. The Labute approximate surface area is 163 Å². The lowest BCUT2D eigenvalue weighted by molar-refractivity contribution is 0.104. The highest BCUT2D eigenvalue weighted by Crippen LogP contribution is 2.21. The van der Waals surface area contributed by atoms with Gasteiger partial charge in [-0.1, -0.05) is 60.1 Å². The number of halogens is 1. The van der Waals surface area contributed by atoms with Crippen molar-refractivity contribution in [3.05, 3.63) is 101 Å². The molecule has 0 aliphatic heterocycles. The molecule has 0 radical (unpaired) electrons. The van der Waals surface area contributed by atoms with Crippen molar-refractivity contribution >= 4 is 39.2 Å². The van der Waals surface area contributed by atoms with E-state index >= 15 is 0 Å². The Morgan fingerprint density at radius 3 is 2.19 bits per heavy atom. The number of hydrogen-bond acceptors (Lipinski definition) is 3. The number of carbonyl (C=O) groups is 1. The summed E-state index contributed by atoms with van der Waals surface area (Å²) < 4.78 is 27.6. The van der Waals surface area contributed by atoms with Gasteiger partial charge in [-0.2, -0.15) is 0 Å². The van der Waals surface area contributed by atoms with Gasteiger partial charge in [0.05, 0.1) is 10.6 Å². The first-order valence-electron chi connectivity index (χ1n) is 8.10. The summed E-state index contributed by atoms with van der Waals surface area (Å²) in [6, 6.07) is 21.5. The minimum absolute atomic E-state index is 0.129. The van der Waals surface area contributed by atoms with Gasteiger partial charge >= 0.3 is 0 Å². The topological polar surface area (TPSA) is 63.2 Å². The number of hydrogen-bond donors (Lipinski definition) is 1. The number of sulfonamides is 1. The molecular formula is C21H16ClNO3S. The number of benzene rings is 3. The van der Waals surface area contributed by atoms with Crippen molar-refractivity contribution in [1.82, 2.24) is 0 Å². The van der Waals surface area contributed by atoms with Gasteiger partial charge in [0.2, 0.25) is 0 Å². The van der Waals surface area contributed by atoms with E-state index < -0.39 is 10.0 Å². The summed E-state index contributed by atoms with van der Waals surface area (Å²) >= 11 is 5.85. The van der Waals surface area contributed by atoms with Crippen LogP contribution in [0.4, 0.5) is 5.69 Å². The minimum Gasteiger partial charge on any atom is -0.289 e. The highest BCUT2D eigenvalue weighted by atomic mass is 35.5. The summed E-state index contributed by atoms with van der Waals surface area (Å²) in [5.74, 6) is -0.309. The van der Waals surface area contributed by atoms with Crippen LogP contribution < -0.4 is 4.72 Å². The Bertz CT molecular complexity index is 1080. The first-order valence-corrected chi connectivity index (χ1v) is 9.97. The Hall–Kier alpha value is -2.89. The molecule has 0 aliphatic rings. The monoisotopic (exact) mass is 397 g/mol. The van der Waals surface area contributed by atoms with Gasteiger partial charge in [0.15, 0.2) is 5.78 Å². The molecule has 3 rings (SSSR count). The third-order valence-electron chi connectivity index (χ3n) is 3.79. The second kappa shape index (κ2) is 8.20. The molecule has 136 valence electrons. The van der Waals surface area contributed by atoms with Gasteiger partial charge in [-0.3, -0.25) is 9.52 Å². The summed E-state index contributed by atoms with van der Waals surface area (Å²) in [6.07, 6.45) is 3.06. The molecule has 0 heterocycles. The lowest BCUT2D eigenvalue weighted by Crippen LogP contribution is -2.15. The maximum Gasteiger partial charge on any atom is 0.261 e. The zero-order chi connectivity index (χ0) is 19.3. The SMILES string of the molecule is O=C(/C=C/c1ccc(Cl)cc1)c1ccccc1NS(=O)(=O)c1ccccc1. The molecule has 0 saturated carbocycles. The number of allylic oxidation sites excluding steroid dienone is 1. The zero-order valence-corrected chi connectivity index (χ0v) is 15.7. The molecule has 0 aromatic heterocycles. The summed E-state index contributed by atoms with van der Waals surface area (Å²) in [5, 5.41) is 0.610. The summed E-state index contributed by atoms with van der Waals surface area (Å²) in [6.45, 7) is 0. The molecule has 0 atom stereocenters. The third kappa shape index (κ3) is 4.84. The summed E-state index contributed by atoms with van der Waals surface area (Å²) in [5.41, 5.74) is 1.31. The standard InChI is InChI=1S/C21H16ClNO3S/c22-17-13-10-16(11-14-17)12-15-21(24)19-8-4-5-9-20(19)23-27(25,26)18-6-2-1-3-7-18/h1-15,23H/b15-12+. The molecule has 1 N–H and O–H groups in total. The molecule has 4 nitrogen and oxygen atoms in total.